The van der Waals surface area contributed by atoms with Crippen LogP contribution in [0.2, 0.25) is 0 Å². The van der Waals surface area contributed by atoms with Crippen molar-refractivity contribution < 1.29 is 19.7 Å². The second-order valence-corrected chi connectivity index (χ2v) is 7.10. The Balaban J connectivity index is 1.67. The number of benzene rings is 1. The highest BCUT2D eigenvalue weighted by molar-refractivity contribution is 6.24. The molecule has 0 radical (unpaired) electrons. The summed E-state index contributed by atoms with van der Waals surface area (Å²) < 4.78 is 5.40. The molecule has 1 saturated carbocycles. The molecule has 1 aromatic rings. The van der Waals surface area contributed by atoms with Gasteiger partial charge in [-0.25, -0.2) is 0 Å². The number of ketones is 1. The molecule has 4 nitrogen and oxygen atoms in total. The number of aromatic hydroxyl groups is 1. The first-order valence-electron chi connectivity index (χ1n) is 8.51. The molecule has 3 aliphatic rings. The van der Waals surface area contributed by atoms with Crippen molar-refractivity contribution in [1.82, 2.24) is 0 Å². The van der Waals surface area contributed by atoms with Crippen molar-refractivity contribution in [3.8, 4) is 5.75 Å². The van der Waals surface area contributed by atoms with Crippen molar-refractivity contribution in [3.63, 3.8) is 0 Å². The minimum absolute atomic E-state index is 0.00100. The highest BCUT2D eigenvalue weighted by Crippen LogP contribution is 2.47. The summed E-state index contributed by atoms with van der Waals surface area (Å²) in [6.07, 6.45) is 4.41. The summed E-state index contributed by atoms with van der Waals surface area (Å²) in [7, 11) is 0. The van der Waals surface area contributed by atoms with E-state index in [1.165, 1.54) is 0 Å². The Morgan fingerprint density at radius 2 is 2.00 bits per heavy atom. The summed E-state index contributed by atoms with van der Waals surface area (Å²) in [5, 5.41) is 20.5. The van der Waals surface area contributed by atoms with Gasteiger partial charge >= 0.3 is 0 Å². The Morgan fingerprint density at radius 1 is 1.17 bits per heavy atom. The fourth-order valence-corrected chi connectivity index (χ4v) is 3.94. The number of phenolic OH excluding ortho intramolecular Hbond substituents is 1. The number of aliphatic hydroxyl groups excluding tert-OH is 1. The maximum Gasteiger partial charge on any atom is 0.167 e. The van der Waals surface area contributed by atoms with Crippen LogP contribution in [-0.2, 0) is 9.53 Å². The van der Waals surface area contributed by atoms with Crippen molar-refractivity contribution in [2.75, 3.05) is 13.2 Å². The highest BCUT2D eigenvalue weighted by Gasteiger charge is 2.38. The van der Waals surface area contributed by atoms with Crippen LogP contribution in [-0.4, -0.2) is 29.2 Å². The first-order valence-corrected chi connectivity index (χ1v) is 8.51. The predicted molar refractivity (Wildman–Crippen MR) is 86.3 cm³/mol. The molecule has 23 heavy (non-hydrogen) atoms. The summed E-state index contributed by atoms with van der Waals surface area (Å²) in [6, 6.07) is 5.20. The van der Waals surface area contributed by atoms with Gasteiger partial charge in [0.15, 0.2) is 5.78 Å². The summed E-state index contributed by atoms with van der Waals surface area (Å²) in [6.45, 7) is 1.51. The standard InChI is InChI=1S/C19H22O4/c20-14-3-4-15(12-1-2-12)16(9-14)18-17(21)8-13(19(18)22)7-11-5-6-23-10-11/h3-4,9,11-13,20,22H,1-2,5-8,10H2. The summed E-state index contributed by atoms with van der Waals surface area (Å²) >= 11 is 0. The highest BCUT2D eigenvalue weighted by atomic mass is 16.5. The third-order valence-corrected chi connectivity index (χ3v) is 5.32. The van der Waals surface area contributed by atoms with E-state index in [9.17, 15) is 15.0 Å². The van der Waals surface area contributed by atoms with E-state index in [4.69, 9.17) is 4.74 Å². The van der Waals surface area contributed by atoms with Crippen LogP contribution in [0.15, 0.2) is 24.0 Å². The van der Waals surface area contributed by atoms with Gasteiger partial charge in [-0.05, 0) is 60.8 Å². The van der Waals surface area contributed by atoms with Crippen LogP contribution in [0.4, 0.5) is 0 Å². The van der Waals surface area contributed by atoms with Crippen LogP contribution in [0.3, 0.4) is 0 Å². The molecule has 0 amide bonds. The lowest BCUT2D eigenvalue weighted by atomic mass is 9.92. The first-order chi connectivity index (χ1) is 11.1. The van der Waals surface area contributed by atoms with Gasteiger partial charge in [-0.1, -0.05) is 6.07 Å². The average Bonchev–Trinajstić information content (AvgIpc) is 3.16. The largest absolute Gasteiger partial charge is 0.511 e. The van der Waals surface area contributed by atoms with E-state index in [1.807, 2.05) is 6.07 Å². The molecular formula is C19H22O4. The lowest BCUT2D eigenvalue weighted by molar-refractivity contribution is -0.113. The molecule has 1 heterocycles. The van der Waals surface area contributed by atoms with Gasteiger partial charge in [0.2, 0.25) is 0 Å². The molecule has 2 aliphatic carbocycles. The average molecular weight is 314 g/mol. The van der Waals surface area contributed by atoms with Gasteiger partial charge in [0.1, 0.15) is 11.5 Å². The molecule has 4 heteroatoms. The zero-order valence-corrected chi connectivity index (χ0v) is 13.1. The van der Waals surface area contributed by atoms with Gasteiger partial charge in [-0.2, -0.15) is 0 Å². The van der Waals surface area contributed by atoms with Crippen LogP contribution in [0.25, 0.3) is 5.57 Å². The van der Waals surface area contributed by atoms with Gasteiger partial charge in [0.05, 0.1) is 5.57 Å². The van der Waals surface area contributed by atoms with Gasteiger partial charge in [0, 0.05) is 25.6 Å². The molecule has 0 spiro atoms. The third kappa shape index (κ3) is 2.76. The minimum atomic E-state index is -0.0985. The molecular weight excluding hydrogens is 292 g/mol. The minimum Gasteiger partial charge on any atom is -0.511 e. The molecule has 2 N–H and O–H groups in total. The molecule has 0 aromatic heterocycles. The number of hydrogen-bond donors (Lipinski definition) is 2. The molecule has 4 rings (SSSR count). The number of carbonyl (C=O) groups is 1. The Hall–Kier alpha value is -1.81. The number of allylic oxidation sites excluding steroid dienone is 2. The Morgan fingerprint density at radius 3 is 2.70 bits per heavy atom. The quantitative estimate of drug-likeness (QED) is 0.892. The Labute approximate surface area is 135 Å². The number of ether oxygens (including phenoxy) is 1. The molecule has 122 valence electrons. The Bertz CT molecular complexity index is 666. The monoisotopic (exact) mass is 314 g/mol. The summed E-state index contributed by atoms with van der Waals surface area (Å²) in [5.74, 6) is 1.15. The smallest absolute Gasteiger partial charge is 0.167 e. The van der Waals surface area contributed by atoms with Crippen molar-refractivity contribution in [3.05, 3.63) is 35.1 Å². The maximum absolute atomic E-state index is 12.5. The summed E-state index contributed by atoms with van der Waals surface area (Å²) in [5.41, 5.74) is 2.26. The van der Waals surface area contributed by atoms with Crippen LogP contribution in [0.1, 0.15) is 49.1 Å². The van der Waals surface area contributed by atoms with E-state index < -0.39 is 0 Å². The van der Waals surface area contributed by atoms with Gasteiger partial charge in [-0.3, -0.25) is 4.79 Å². The molecule has 1 saturated heterocycles. The van der Waals surface area contributed by atoms with E-state index in [1.54, 1.807) is 12.1 Å². The molecule has 1 aliphatic heterocycles. The molecule has 1 aromatic carbocycles. The number of carbonyl (C=O) groups excluding carboxylic acids is 1. The fourth-order valence-electron chi connectivity index (χ4n) is 3.94. The van der Waals surface area contributed by atoms with Crippen molar-refractivity contribution in [1.29, 1.82) is 0 Å². The zero-order chi connectivity index (χ0) is 16.0. The lowest BCUT2D eigenvalue weighted by Crippen LogP contribution is -2.09. The summed E-state index contributed by atoms with van der Waals surface area (Å²) in [4.78, 5) is 12.5. The van der Waals surface area contributed by atoms with Crippen molar-refractivity contribution in [2.45, 2.75) is 38.0 Å². The maximum atomic E-state index is 12.5. The SMILES string of the molecule is O=C1CC(CC2CCOC2)C(O)=C1c1cc(O)ccc1C1CC1. The number of phenols is 1. The molecule has 0 bridgehead atoms. The van der Waals surface area contributed by atoms with Crippen LogP contribution in [0.5, 0.6) is 5.75 Å². The fraction of sp³-hybridized carbons (Fsp3) is 0.526. The normalized spacial score (nSPS) is 27.9. The van der Waals surface area contributed by atoms with E-state index in [2.05, 4.69) is 0 Å². The molecule has 2 atom stereocenters. The van der Waals surface area contributed by atoms with Crippen molar-refractivity contribution in [2.24, 2.45) is 11.8 Å². The number of hydrogen-bond acceptors (Lipinski definition) is 4. The third-order valence-electron chi connectivity index (χ3n) is 5.32. The van der Waals surface area contributed by atoms with E-state index in [0.717, 1.165) is 50.0 Å². The topological polar surface area (TPSA) is 66.8 Å². The van der Waals surface area contributed by atoms with E-state index >= 15 is 0 Å². The van der Waals surface area contributed by atoms with Gasteiger partial charge in [0.25, 0.3) is 0 Å². The van der Waals surface area contributed by atoms with Crippen LogP contribution >= 0.6 is 0 Å². The van der Waals surface area contributed by atoms with Crippen LogP contribution < -0.4 is 0 Å². The van der Waals surface area contributed by atoms with E-state index in [-0.39, 0.29) is 23.2 Å². The number of Topliss-reactive ketones (excluding diaryl/α,β-unsaturated/α-hetero) is 1. The van der Waals surface area contributed by atoms with Gasteiger partial charge < -0.3 is 14.9 Å². The predicted octanol–water partition coefficient (Wildman–Crippen LogP) is 3.55. The van der Waals surface area contributed by atoms with Crippen LogP contribution in [0, 0.1) is 11.8 Å². The number of rotatable bonds is 4. The second kappa shape index (κ2) is 5.68. The Kier molecular flexibility index (Phi) is 3.64. The van der Waals surface area contributed by atoms with Gasteiger partial charge in [-0.15, -0.1) is 0 Å². The van der Waals surface area contributed by atoms with E-state index in [0.29, 0.717) is 23.8 Å². The molecule has 2 fully saturated rings. The first kappa shape index (κ1) is 14.8. The second-order valence-electron chi connectivity index (χ2n) is 7.10. The van der Waals surface area contributed by atoms with Crippen molar-refractivity contribution >= 4 is 11.4 Å². The molecule has 2 unspecified atom stereocenters. The lowest BCUT2D eigenvalue weighted by Gasteiger charge is -2.14. The number of aliphatic hydroxyl groups is 1. The zero-order valence-electron chi connectivity index (χ0n) is 13.1.